The lowest BCUT2D eigenvalue weighted by atomic mass is 10.2. The van der Waals surface area contributed by atoms with Gasteiger partial charge in [-0.2, -0.15) is 11.8 Å². The van der Waals surface area contributed by atoms with Crippen molar-refractivity contribution in [3.8, 4) is 5.75 Å². The number of anilines is 1. The zero-order chi connectivity index (χ0) is 25.4. The molecule has 0 saturated heterocycles. The first kappa shape index (κ1) is 27.5. The summed E-state index contributed by atoms with van der Waals surface area (Å²) in [6.07, 6.45) is 0. The first-order valence-electron chi connectivity index (χ1n) is 10.4. The number of amides is 1. The first-order valence-corrected chi connectivity index (χ1v) is 14.1. The summed E-state index contributed by atoms with van der Waals surface area (Å²) >= 11 is 19.9. The Morgan fingerprint density at radius 1 is 0.971 bits per heavy atom. The summed E-state index contributed by atoms with van der Waals surface area (Å²) in [5.41, 5.74) is 1.16. The van der Waals surface area contributed by atoms with E-state index >= 15 is 0 Å². The number of halogens is 3. The topological polar surface area (TPSA) is 75.7 Å². The molecule has 186 valence electrons. The van der Waals surface area contributed by atoms with Crippen LogP contribution in [0, 0.1) is 0 Å². The highest BCUT2D eigenvalue weighted by atomic mass is 35.5. The fourth-order valence-corrected chi connectivity index (χ4v) is 6.23. The molecule has 0 spiro atoms. The summed E-state index contributed by atoms with van der Waals surface area (Å²) in [4.78, 5) is 12.7. The van der Waals surface area contributed by atoms with E-state index in [-0.39, 0.29) is 4.90 Å². The van der Waals surface area contributed by atoms with Crippen LogP contribution < -0.4 is 14.4 Å². The van der Waals surface area contributed by atoms with Gasteiger partial charge in [0.25, 0.3) is 10.0 Å². The number of nitrogens with one attached hydrogen (secondary N) is 1. The van der Waals surface area contributed by atoms with Gasteiger partial charge < -0.3 is 10.1 Å². The van der Waals surface area contributed by atoms with Crippen molar-refractivity contribution in [1.29, 1.82) is 0 Å². The number of sulfonamides is 1. The summed E-state index contributed by atoms with van der Waals surface area (Å²) in [6, 6.07) is 17.6. The van der Waals surface area contributed by atoms with Crippen LogP contribution in [0.1, 0.15) is 5.56 Å². The zero-order valence-corrected chi connectivity index (χ0v) is 22.6. The van der Waals surface area contributed by atoms with Crippen LogP contribution in [0.5, 0.6) is 5.75 Å². The van der Waals surface area contributed by atoms with Crippen molar-refractivity contribution < 1.29 is 17.9 Å². The summed E-state index contributed by atoms with van der Waals surface area (Å²) in [7, 11) is -2.53. The van der Waals surface area contributed by atoms with E-state index < -0.39 is 22.5 Å². The molecule has 0 aromatic heterocycles. The van der Waals surface area contributed by atoms with Gasteiger partial charge in [0.2, 0.25) is 5.91 Å². The second-order valence-electron chi connectivity index (χ2n) is 7.27. The van der Waals surface area contributed by atoms with E-state index in [0.29, 0.717) is 44.6 Å². The zero-order valence-electron chi connectivity index (χ0n) is 18.7. The molecule has 1 amide bonds. The summed E-state index contributed by atoms with van der Waals surface area (Å²) < 4.78 is 32.9. The molecule has 3 aromatic carbocycles. The van der Waals surface area contributed by atoms with Crippen molar-refractivity contribution in [2.24, 2.45) is 0 Å². The van der Waals surface area contributed by atoms with Gasteiger partial charge in [-0.05, 0) is 66.2 Å². The van der Waals surface area contributed by atoms with Crippen molar-refractivity contribution in [2.75, 3.05) is 30.3 Å². The molecule has 0 bridgehead atoms. The molecule has 0 saturated carbocycles. The number of methoxy groups -OCH3 is 1. The minimum absolute atomic E-state index is 0.0354. The Hall–Kier alpha value is -2.10. The molecule has 0 aliphatic rings. The van der Waals surface area contributed by atoms with Crippen LogP contribution in [0.3, 0.4) is 0 Å². The predicted molar refractivity (Wildman–Crippen MR) is 145 cm³/mol. The quantitative estimate of drug-likeness (QED) is 0.289. The Morgan fingerprint density at radius 3 is 2.20 bits per heavy atom. The van der Waals surface area contributed by atoms with Gasteiger partial charge in [0.15, 0.2) is 0 Å². The SMILES string of the molecule is COc1ccc(S(=O)(=O)N(CC(=O)NCCSCc2c(Cl)cccc2Cl)c2ccc(Cl)cc2)cc1. The largest absolute Gasteiger partial charge is 0.497 e. The highest BCUT2D eigenvalue weighted by Crippen LogP contribution is 2.28. The Labute approximate surface area is 224 Å². The molecule has 3 rings (SSSR count). The van der Waals surface area contributed by atoms with E-state index in [4.69, 9.17) is 39.5 Å². The molecular weight excluding hydrogens is 551 g/mol. The molecule has 35 heavy (non-hydrogen) atoms. The maximum atomic E-state index is 13.4. The molecule has 1 N–H and O–H groups in total. The Kier molecular flexibility index (Phi) is 10.0. The Bertz CT molecular complexity index is 1230. The van der Waals surface area contributed by atoms with Gasteiger partial charge in [-0.25, -0.2) is 8.42 Å². The van der Waals surface area contributed by atoms with Gasteiger partial charge in [0.05, 0.1) is 17.7 Å². The van der Waals surface area contributed by atoms with Crippen LogP contribution in [0.15, 0.2) is 71.6 Å². The Morgan fingerprint density at radius 2 is 1.60 bits per heavy atom. The number of thioether (sulfide) groups is 1. The van der Waals surface area contributed by atoms with Crippen LogP contribution in [0.4, 0.5) is 5.69 Å². The van der Waals surface area contributed by atoms with Gasteiger partial charge in [-0.3, -0.25) is 9.10 Å². The fourth-order valence-electron chi connectivity index (χ4n) is 3.09. The van der Waals surface area contributed by atoms with E-state index in [1.54, 1.807) is 66.4 Å². The first-order chi connectivity index (χ1) is 16.7. The summed E-state index contributed by atoms with van der Waals surface area (Å²) in [6.45, 7) is -0.0420. The second kappa shape index (κ2) is 12.7. The lowest BCUT2D eigenvalue weighted by molar-refractivity contribution is -0.119. The molecule has 6 nitrogen and oxygen atoms in total. The smallest absolute Gasteiger partial charge is 0.264 e. The van der Waals surface area contributed by atoms with Gasteiger partial charge >= 0.3 is 0 Å². The number of nitrogens with zero attached hydrogens (tertiary/aromatic N) is 1. The fraction of sp³-hybridized carbons (Fsp3) is 0.208. The van der Waals surface area contributed by atoms with Crippen molar-refractivity contribution in [1.82, 2.24) is 5.32 Å². The number of hydrogen-bond acceptors (Lipinski definition) is 5. The van der Waals surface area contributed by atoms with Crippen LogP contribution in [0.25, 0.3) is 0 Å². The molecular formula is C24H23Cl3N2O4S2. The molecule has 0 aliphatic heterocycles. The Balaban J connectivity index is 1.66. The molecule has 0 fully saturated rings. The van der Waals surface area contributed by atoms with Crippen LogP contribution in [-0.2, 0) is 20.6 Å². The van der Waals surface area contributed by atoms with E-state index in [1.165, 1.54) is 19.2 Å². The average Bonchev–Trinajstić information content (AvgIpc) is 2.84. The van der Waals surface area contributed by atoms with Gasteiger partial charge in [-0.15, -0.1) is 0 Å². The van der Waals surface area contributed by atoms with Crippen molar-refractivity contribution in [3.63, 3.8) is 0 Å². The summed E-state index contributed by atoms with van der Waals surface area (Å²) in [5.74, 6) is 1.28. The molecule has 0 heterocycles. The maximum Gasteiger partial charge on any atom is 0.264 e. The van der Waals surface area contributed by atoms with Crippen molar-refractivity contribution >= 4 is 68.2 Å². The van der Waals surface area contributed by atoms with Crippen LogP contribution in [-0.4, -0.2) is 40.3 Å². The number of benzene rings is 3. The number of carbonyl (C=O) groups excluding carboxylic acids is 1. The third-order valence-electron chi connectivity index (χ3n) is 4.93. The van der Waals surface area contributed by atoms with E-state index in [9.17, 15) is 13.2 Å². The third-order valence-corrected chi connectivity index (χ3v) is 8.66. The summed E-state index contributed by atoms with van der Waals surface area (Å²) in [5, 5.41) is 4.42. The maximum absolute atomic E-state index is 13.4. The van der Waals surface area contributed by atoms with Gasteiger partial charge in [0.1, 0.15) is 12.3 Å². The van der Waals surface area contributed by atoms with Gasteiger partial charge in [0, 0.05) is 33.1 Å². The normalized spacial score (nSPS) is 11.2. The monoisotopic (exact) mass is 572 g/mol. The molecule has 0 atom stereocenters. The number of ether oxygens (including phenoxy) is 1. The van der Waals surface area contributed by atoms with Crippen molar-refractivity contribution in [2.45, 2.75) is 10.6 Å². The number of rotatable bonds is 11. The third kappa shape index (κ3) is 7.44. The van der Waals surface area contributed by atoms with Crippen molar-refractivity contribution in [3.05, 3.63) is 87.4 Å². The van der Waals surface area contributed by atoms with E-state index in [1.807, 2.05) is 0 Å². The molecule has 0 unspecified atom stereocenters. The lowest BCUT2D eigenvalue weighted by Gasteiger charge is -2.24. The molecule has 0 aliphatic carbocycles. The van der Waals surface area contributed by atoms with Gasteiger partial charge in [-0.1, -0.05) is 40.9 Å². The number of hydrogen-bond donors (Lipinski definition) is 1. The van der Waals surface area contributed by atoms with Crippen LogP contribution in [0.2, 0.25) is 15.1 Å². The minimum atomic E-state index is -4.03. The van der Waals surface area contributed by atoms with Crippen LogP contribution >= 0.6 is 46.6 Å². The average molecular weight is 574 g/mol. The standard InChI is InChI=1S/C24H23Cl3N2O4S2/c1-33-19-9-11-20(12-10-19)35(31,32)29(18-7-5-17(25)6-8-18)15-24(30)28-13-14-34-16-21-22(26)3-2-4-23(21)27/h2-12H,13-16H2,1H3,(H,28,30). The van der Waals surface area contributed by atoms with E-state index in [0.717, 1.165) is 9.87 Å². The lowest BCUT2D eigenvalue weighted by Crippen LogP contribution is -2.41. The second-order valence-corrected chi connectivity index (χ2v) is 11.5. The molecule has 3 aromatic rings. The number of carbonyl (C=O) groups is 1. The predicted octanol–water partition coefficient (Wildman–Crippen LogP) is 5.90. The highest BCUT2D eigenvalue weighted by Gasteiger charge is 2.27. The molecule has 11 heteroatoms. The highest BCUT2D eigenvalue weighted by molar-refractivity contribution is 7.98. The minimum Gasteiger partial charge on any atom is -0.497 e. The molecule has 0 radical (unpaired) electrons. The van der Waals surface area contributed by atoms with E-state index in [2.05, 4.69) is 5.32 Å².